The van der Waals surface area contributed by atoms with Gasteiger partial charge in [0.25, 0.3) is 0 Å². The molecule has 0 saturated carbocycles. The molecule has 0 rings (SSSR count). The van der Waals surface area contributed by atoms with Gasteiger partial charge in [-0.15, -0.1) is 0 Å². The predicted molar refractivity (Wildman–Crippen MR) is 17.6 cm³/mol. The molecule has 0 aliphatic carbocycles. The zero-order valence-electron chi connectivity index (χ0n) is 4.09. The minimum Gasteiger partial charge on any atom is -0.503 e. The molecule has 0 aromatic carbocycles. The SMILES string of the molecule is C[CH-]C(=O)O.[Y].[Y]. The van der Waals surface area contributed by atoms with Crippen LogP contribution in [0.5, 0.6) is 0 Å². The third kappa shape index (κ3) is 18.5. The number of carboxylic acid groups (broad SMARTS) is 1. The summed E-state index contributed by atoms with van der Waals surface area (Å²) in [5.41, 5.74) is 0. The van der Waals surface area contributed by atoms with Crippen LogP contribution in [0, 0.1) is 6.42 Å². The second kappa shape index (κ2) is 10.5. The number of aliphatic carboxylic acids is 1. The Morgan fingerprint density at radius 1 is 1.57 bits per heavy atom. The summed E-state index contributed by atoms with van der Waals surface area (Å²) in [6.07, 6.45) is 1.08. The van der Waals surface area contributed by atoms with Crippen molar-refractivity contribution in [1.29, 1.82) is 0 Å². The van der Waals surface area contributed by atoms with E-state index >= 15 is 0 Å². The second-order valence-electron chi connectivity index (χ2n) is 0.627. The Morgan fingerprint density at radius 2 is 1.71 bits per heavy atom. The molecule has 0 aromatic rings. The number of carboxylic acids is 1. The van der Waals surface area contributed by atoms with Crippen LogP contribution < -0.4 is 0 Å². The van der Waals surface area contributed by atoms with Crippen molar-refractivity contribution in [3.05, 3.63) is 6.42 Å². The number of rotatable bonds is 1. The van der Waals surface area contributed by atoms with Gasteiger partial charge in [0.05, 0.1) is 0 Å². The summed E-state index contributed by atoms with van der Waals surface area (Å²) >= 11 is 0. The standard InChI is InChI=1S/C3H5O2.2Y/c1-2-3(4)5;;/h2H,1H3,(H,4,5);;/q-1;;. The molecule has 2 nitrogen and oxygen atoms in total. The zero-order valence-corrected chi connectivity index (χ0v) is 9.76. The fourth-order valence-corrected chi connectivity index (χ4v) is 0. The topological polar surface area (TPSA) is 37.3 Å². The fraction of sp³-hybridized carbons (Fsp3) is 0.333. The van der Waals surface area contributed by atoms with E-state index < -0.39 is 5.97 Å². The van der Waals surface area contributed by atoms with E-state index in [1.807, 2.05) is 0 Å². The van der Waals surface area contributed by atoms with Crippen molar-refractivity contribution in [2.75, 3.05) is 0 Å². The minimum atomic E-state index is -0.870. The molecule has 0 unspecified atom stereocenters. The van der Waals surface area contributed by atoms with Gasteiger partial charge >= 0.3 is 0 Å². The average molecular weight is 251 g/mol. The van der Waals surface area contributed by atoms with Crippen LogP contribution in [0.15, 0.2) is 0 Å². The number of carbonyl (C=O) groups is 1. The molecule has 7 heavy (non-hydrogen) atoms. The van der Waals surface area contributed by atoms with Crippen LogP contribution >= 0.6 is 0 Å². The zero-order chi connectivity index (χ0) is 4.28. The molecular formula is C3H5O2Y2-. The van der Waals surface area contributed by atoms with Crippen molar-refractivity contribution in [2.24, 2.45) is 0 Å². The van der Waals surface area contributed by atoms with Crippen LogP contribution in [0.3, 0.4) is 0 Å². The first-order valence-electron chi connectivity index (χ1n) is 1.29. The Hall–Kier alpha value is 1.55. The van der Waals surface area contributed by atoms with Gasteiger partial charge in [0.1, 0.15) is 0 Å². The fourth-order valence-electron chi connectivity index (χ4n) is 0. The van der Waals surface area contributed by atoms with Crippen LogP contribution in [0.4, 0.5) is 0 Å². The largest absolute Gasteiger partial charge is 0.503 e. The van der Waals surface area contributed by atoms with E-state index in [4.69, 9.17) is 5.11 Å². The third-order valence-electron chi connectivity index (χ3n) is 0.247. The van der Waals surface area contributed by atoms with Gasteiger partial charge in [-0.1, -0.05) is 0 Å². The van der Waals surface area contributed by atoms with Gasteiger partial charge in [-0.25, -0.2) is 0 Å². The maximum atomic E-state index is 9.31. The van der Waals surface area contributed by atoms with Crippen molar-refractivity contribution in [2.45, 2.75) is 6.92 Å². The Balaban J connectivity index is -0.0000000800. The van der Waals surface area contributed by atoms with Gasteiger partial charge in [0, 0.05) is 65.4 Å². The molecule has 0 spiro atoms. The monoisotopic (exact) mass is 251 g/mol. The van der Waals surface area contributed by atoms with Gasteiger partial charge in [-0.2, -0.15) is 6.92 Å². The number of hydrogen-bond acceptors (Lipinski definition) is 1. The Bertz CT molecular complexity index is 46.2. The maximum absolute atomic E-state index is 9.31. The van der Waals surface area contributed by atoms with E-state index in [-0.39, 0.29) is 65.4 Å². The molecule has 0 aliphatic heterocycles. The van der Waals surface area contributed by atoms with Gasteiger partial charge in [-0.3, -0.25) is 11.2 Å². The summed E-state index contributed by atoms with van der Waals surface area (Å²) in [4.78, 5) is 9.31. The van der Waals surface area contributed by atoms with E-state index in [9.17, 15) is 4.79 Å². The van der Waals surface area contributed by atoms with Gasteiger partial charge < -0.3 is 5.11 Å². The summed E-state index contributed by atoms with van der Waals surface area (Å²) < 4.78 is 0. The van der Waals surface area contributed by atoms with E-state index in [1.54, 1.807) is 0 Å². The van der Waals surface area contributed by atoms with E-state index in [1.165, 1.54) is 6.92 Å². The van der Waals surface area contributed by atoms with E-state index in [0.29, 0.717) is 0 Å². The molecule has 0 heterocycles. The maximum Gasteiger partial charge on any atom is 0.163 e. The van der Waals surface area contributed by atoms with E-state index in [0.717, 1.165) is 6.42 Å². The minimum absolute atomic E-state index is 0. The molecule has 36 valence electrons. The molecule has 4 heteroatoms. The molecular weight excluding hydrogens is 246 g/mol. The second-order valence-corrected chi connectivity index (χ2v) is 0.627. The summed E-state index contributed by atoms with van der Waals surface area (Å²) in [7, 11) is 0. The van der Waals surface area contributed by atoms with Crippen molar-refractivity contribution < 1.29 is 75.3 Å². The van der Waals surface area contributed by atoms with Crippen molar-refractivity contribution in [1.82, 2.24) is 0 Å². The Morgan fingerprint density at radius 3 is 1.71 bits per heavy atom. The summed E-state index contributed by atoms with van der Waals surface area (Å²) in [5, 5.41) is 7.67. The average Bonchev–Trinajstić information content (AvgIpc) is 1.38. The molecule has 2 radical (unpaired) electrons. The molecule has 1 N–H and O–H groups in total. The predicted octanol–water partition coefficient (Wildman–Crippen LogP) is 0.290. The molecule has 0 amide bonds. The first-order chi connectivity index (χ1) is 2.27. The van der Waals surface area contributed by atoms with Crippen LogP contribution in [-0.2, 0) is 70.2 Å². The first kappa shape index (κ1) is 15.8. The molecule has 0 fully saturated rings. The van der Waals surface area contributed by atoms with Crippen molar-refractivity contribution in [3.8, 4) is 0 Å². The Kier molecular flexibility index (Phi) is 23.8. The van der Waals surface area contributed by atoms with Crippen LogP contribution in [-0.4, -0.2) is 11.1 Å². The van der Waals surface area contributed by atoms with Crippen LogP contribution in [0.1, 0.15) is 6.92 Å². The number of hydrogen-bond donors (Lipinski definition) is 1. The molecule has 0 bridgehead atoms. The summed E-state index contributed by atoms with van der Waals surface area (Å²) in [6, 6.07) is 0. The van der Waals surface area contributed by atoms with Gasteiger partial charge in [-0.05, 0) is 0 Å². The quantitative estimate of drug-likeness (QED) is 0.680. The van der Waals surface area contributed by atoms with Gasteiger partial charge in [0.2, 0.25) is 0 Å². The molecule has 0 aliphatic rings. The Labute approximate surface area is 93.2 Å². The summed E-state index contributed by atoms with van der Waals surface area (Å²) in [5.74, 6) is -0.870. The van der Waals surface area contributed by atoms with Crippen molar-refractivity contribution >= 4 is 5.97 Å². The van der Waals surface area contributed by atoms with Crippen LogP contribution in [0.25, 0.3) is 0 Å². The molecule has 0 saturated heterocycles. The normalized spacial score (nSPS) is 4.71. The van der Waals surface area contributed by atoms with Gasteiger partial charge in [0.15, 0.2) is 5.97 Å². The third-order valence-corrected chi connectivity index (χ3v) is 0.247. The van der Waals surface area contributed by atoms with Crippen molar-refractivity contribution in [3.63, 3.8) is 0 Å². The molecule has 0 atom stereocenters. The summed E-state index contributed by atoms with van der Waals surface area (Å²) in [6.45, 7) is 1.47. The molecule has 0 aromatic heterocycles. The van der Waals surface area contributed by atoms with Crippen LogP contribution in [0.2, 0.25) is 0 Å². The smallest absolute Gasteiger partial charge is 0.163 e. The first-order valence-corrected chi connectivity index (χ1v) is 1.29. The van der Waals surface area contributed by atoms with E-state index in [2.05, 4.69) is 0 Å².